The Morgan fingerprint density at radius 1 is 1.14 bits per heavy atom. The average molecular weight is 336 g/mol. The molecule has 0 radical (unpaired) electrons. The molecule has 2 rings (SSSR count). The van der Waals surface area contributed by atoms with Crippen LogP contribution in [0.3, 0.4) is 0 Å². The van der Waals surface area contributed by atoms with E-state index in [0.29, 0.717) is 0 Å². The van der Waals surface area contributed by atoms with E-state index in [4.69, 9.17) is 16.3 Å². The lowest BCUT2D eigenvalue weighted by molar-refractivity contribution is -0.115. The predicted octanol–water partition coefficient (Wildman–Crippen LogP) is 4.42. The number of methoxy groups -OCH3 is 1. The SMILES string of the molecule is COc1ccc(NC(=O)[C@H](Sc2ccccc2)[C@H](C)Cl)cc1. The van der Waals surface area contributed by atoms with Crippen molar-refractivity contribution in [3.8, 4) is 5.75 Å². The van der Waals surface area contributed by atoms with Crippen LogP contribution in [0.4, 0.5) is 5.69 Å². The maximum absolute atomic E-state index is 12.5. The zero-order valence-corrected chi connectivity index (χ0v) is 14.0. The highest BCUT2D eigenvalue weighted by molar-refractivity contribution is 8.00. The lowest BCUT2D eigenvalue weighted by Gasteiger charge is -2.18. The first-order valence-corrected chi connectivity index (χ1v) is 8.22. The fraction of sp³-hybridized carbons (Fsp3) is 0.235. The Balaban J connectivity index is 2.05. The van der Waals surface area contributed by atoms with Gasteiger partial charge in [-0.15, -0.1) is 23.4 Å². The summed E-state index contributed by atoms with van der Waals surface area (Å²) in [5, 5.41) is 2.24. The second-order valence-corrected chi connectivity index (χ2v) is 6.65. The fourth-order valence-corrected chi connectivity index (χ4v) is 3.12. The van der Waals surface area contributed by atoms with Crippen molar-refractivity contribution in [2.24, 2.45) is 0 Å². The molecule has 0 aliphatic heterocycles. The van der Waals surface area contributed by atoms with Crippen LogP contribution in [-0.4, -0.2) is 23.6 Å². The summed E-state index contributed by atoms with van der Waals surface area (Å²) in [6.07, 6.45) is 0. The zero-order chi connectivity index (χ0) is 15.9. The van der Waals surface area contributed by atoms with Gasteiger partial charge in [-0.3, -0.25) is 4.79 Å². The molecular weight excluding hydrogens is 318 g/mol. The van der Waals surface area contributed by atoms with E-state index in [1.807, 2.05) is 37.3 Å². The van der Waals surface area contributed by atoms with Gasteiger partial charge >= 0.3 is 0 Å². The van der Waals surface area contributed by atoms with Crippen molar-refractivity contribution in [3.63, 3.8) is 0 Å². The molecule has 0 saturated heterocycles. The van der Waals surface area contributed by atoms with Crippen LogP contribution < -0.4 is 10.1 Å². The molecule has 2 aromatic carbocycles. The largest absolute Gasteiger partial charge is 0.497 e. The van der Waals surface area contributed by atoms with E-state index < -0.39 is 0 Å². The van der Waals surface area contributed by atoms with Crippen LogP contribution in [0.1, 0.15) is 6.92 Å². The van der Waals surface area contributed by atoms with Crippen LogP contribution in [0.5, 0.6) is 5.75 Å². The number of alkyl halides is 1. The van der Waals surface area contributed by atoms with Gasteiger partial charge in [0.1, 0.15) is 11.0 Å². The summed E-state index contributed by atoms with van der Waals surface area (Å²) >= 11 is 7.66. The summed E-state index contributed by atoms with van der Waals surface area (Å²) in [5.41, 5.74) is 0.724. The van der Waals surface area contributed by atoms with E-state index in [-0.39, 0.29) is 16.5 Å². The molecular formula is C17H18ClNO2S. The van der Waals surface area contributed by atoms with Crippen LogP contribution in [0.15, 0.2) is 59.5 Å². The van der Waals surface area contributed by atoms with Crippen LogP contribution in [0, 0.1) is 0 Å². The lowest BCUT2D eigenvalue weighted by atomic mass is 10.2. The van der Waals surface area contributed by atoms with Crippen LogP contribution in [-0.2, 0) is 4.79 Å². The monoisotopic (exact) mass is 335 g/mol. The summed E-state index contributed by atoms with van der Waals surface area (Å²) in [6.45, 7) is 1.83. The van der Waals surface area contributed by atoms with Gasteiger partial charge in [0.2, 0.25) is 5.91 Å². The summed E-state index contributed by atoms with van der Waals surface area (Å²) < 4.78 is 5.10. The molecule has 116 valence electrons. The first-order chi connectivity index (χ1) is 10.6. The molecule has 0 aliphatic rings. The molecule has 0 unspecified atom stereocenters. The molecule has 0 saturated carbocycles. The number of benzene rings is 2. The Kier molecular flexibility index (Phi) is 6.16. The van der Waals surface area contributed by atoms with E-state index in [1.54, 1.807) is 31.4 Å². The quantitative estimate of drug-likeness (QED) is 0.627. The minimum atomic E-state index is -0.369. The minimum Gasteiger partial charge on any atom is -0.497 e. The second-order valence-electron chi connectivity index (χ2n) is 4.75. The van der Waals surface area contributed by atoms with Crippen molar-refractivity contribution in [2.45, 2.75) is 22.4 Å². The predicted molar refractivity (Wildman–Crippen MR) is 93.0 cm³/mol. The van der Waals surface area contributed by atoms with Gasteiger partial charge in [-0.1, -0.05) is 18.2 Å². The first kappa shape index (κ1) is 16.7. The van der Waals surface area contributed by atoms with E-state index >= 15 is 0 Å². The molecule has 1 N–H and O–H groups in total. The standard InChI is InChI=1S/C17H18ClNO2S/c1-12(18)16(22-15-6-4-3-5-7-15)17(20)19-13-8-10-14(21-2)11-9-13/h3-12,16H,1-2H3,(H,19,20)/t12-,16+/m0/s1. The Bertz CT molecular complexity index is 602. The fourth-order valence-electron chi connectivity index (χ4n) is 1.89. The minimum absolute atomic E-state index is 0.110. The van der Waals surface area contributed by atoms with Gasteiger partial charge in [-0.2, -0.15) is 0 Å². The molecule has 0 bridgehead atoms. The third kappa shape index (κ3) is 4.68. The van der Waals surface area contributed by atoms with Gasteiger partial charge in [0, 0.05) is 10.6 Å². The lowest BCUT2D eigenvalue weighted by Crippen LogP contribution is -2.31. The highest BCUT2D eigenvalue weighted by atomic mass is 35.5. The summed E-state index contributed by atoms with van der Waals surface area (Å²) in [5.74, 6) is 0.639. The number of nitrogens with one attached hydrogen (secondary N) is 1. The topological polar surface area (TPSA) is 38.3 Å². The molecule has 0 aromatic heterocycles. The highest BCUT2D eigenvalue weighted by Gasteiger charge is 2.25. The van der Waals surface area contributed by atoms with Crippen molar-refractivity contribution >= 4 is 35.0 Å². The van der Waals surface area contributed by atoms with Gasteiger partial charge in [0.05, 0.1) is 12.5 Å². The number of ether oxygens (including phenoxy) is 1. The number of carbonyl (C=O) groups is 1. The van der Waals surface area contributed by atoms with Crippen molar-refractivity contribution in [3.05, 3.63) is 54.6 Å². The highest BCUT2D eigenvalue weighted by Crippen LogP contribution is 2.28. The number of hydrogen-bond donors (Lipinski definition) is 1. The third-order valence-corrected chi connectivity index (χ3v) is 4.86. The number of halogens is 1. The van der Waals surface area contributed by atoms with Crippen LogP contribution in [0.2, 0.25) is 0 Å². The molecule has 2 aromatic rings. The molecule has 0 heterocycles. The molecule has 22 heavy (non-hydrogen) atoms. The number of thioether (sulfide) groups is 1. The molecule has 0 fully saturated rings. The van der Waals surface area contributed by atoms with Gasteiger partial charge in [-0.05, 0) is 43.3 Å². The Hall–Kier alpha value is -1.65. The first-order valence-electron chi connectivity index (χ1n) is 6.91. The van der Waals surface area contributed by atoms with Gasteiger partial charge in [0.15, 0.2) is 0 Å². The van der Waals surface area contributed by atoms with Gasteiger partial charge in [-0.25, -0.2) is 0 Å². The third-order valence-electron chi connectivity index (χ3n) is 3.04. The van der Waals surface area contributed by atoms with Crippen molar-refractivity contribution < 1.29 is 9.53 Å². The van der Waals surface area contributed by atoms with E-state index in [2.05, 4.69) is 5.32 Å². The average Bonchev–Trinajstić information content (AvgIpc) is 2.54. The number of hydrogen-bond acceptors (Lipinski definition) is 3. The van der Waals surface area contributed by atoms with Crippen LogP contribution >= 0.6 is 23.4 Å². The van der Waals surface area contributed by atoms with Crippen LogP contribution in [0.25, 0.3) is 0 Å². The number of anilines is 1. The molecule has 1 amide bonds. The van der Waals surface area contributed by atoms with Crippen molar-refractivity contribution in [1.29, 1.82) is 0 Å². The van der Waals surface area contributed by atoms with Gasteiger partial charge in [0.25, 0.3) is 0 Å². The molecule has 2 atom stereocenters. The molecule has 0 aliphatic carbocycles. The van der Waals surface area contributed by atoms with Gasteiger partial charge < -0.3 is 10.1 Å². The normalized spacial score (nSPS) is 13.2. The number of amides is 1. The maximum Gasteiger partial charge on any atom is 0.239 e. The van der Waals surface area contributed by atoms with Crippen molar-refractivity contribution in [2.75, 3.05) is 12.4 Å². The Labute approximate surface area is 140 Å². The summed E-state index contributed by atoms with van der Waals surface area (Å²) in [7, 11) is 1.61. The van der Waals surface area contributed by atoms with E-state index in [1.165, 1.54) is 11.8 Å². The van der Waals surface area contributed by atoms with Crippen molar-refractivity contribution in [1.82, 2.24) is 0 Å². The zero-order valence-electron chi connectivity index (χ0n) is 12.5. The Morgan fingerprint density at radius 2 is 1.77 bits per heavy atom. The Morgan fingerprint density at radius 3 is 2.32 bits per heavy atom. The summed E-state index contributed by atoms with van der Waals surface area (Å²) in [6, 6.07) is 17.0. The second kappa shape index (κ2) is 8.11. The number of carbonyl (C=O) groups excluding carboxylic acids is 1. The molecule has 3 nitrogen and oxygen atoms in total. The summed E-state index contributed by atoms with van der Waals surface area (Å²) in [4.78, 5) is 13.5. The van der Waals surface area contributed by atoms with E-state index in [9.17, 15) is 4.79 Å². The van der Waals surface area contributed by atoms with E-state index in [0.717, 1.165) is 16.3 Å². The number of rotatable bonds is 6. The molecule has 5 heteroatoms. The molecule has 0 spiro atoms. The smallest absolute Gasteiger partial charge is 0.239 e. The maximum atomic E-state index is 12.5.